The van der Waals surface area contributed by atoms with E-state index in [4.69, 9.17) is 0 Å². The van der Waals surface area contributed by atoms with Crippen LogP contribution in [0, 0.1) is 23.3 Å². The van der Waals surface area contributed by atoms with Gasteiger partial charge in [-0.15, -0.1) is 0 Å². The van der Waals surface area contributed by atoms with Gasteiger partial charge < -0.3 is 5.32 Å². The van der Waals surface area contributed by atoms with E-state index in [1.807, 2.05) is 0 Å². The van der Waals surface area contributed by atoms with Crippen molar-refractivity contribution in [3.05, 3.63) is 65.2 Å². The average Bonchev–Trinajstić information content (AvgIpc) is 2.64. The van der Waals surface area contributed by atoms with Gasteiger partial charge in [-0.2, -0.15) is 0 Å². The number of hydrogen-bond donors (Lipinski definition) is 1. The standard InChI is InChI=1S/C18H11F4N3OS/c1-27-18-24-15(10-4-2-3-5-12(10)20)11(8-26)17(25-18)23-16-13(21)6-9(19)7-14(16)22/h2-8H,1H3,(H,23,24,25). The first-order valence-corrected chi connectivity index (χ1v) is 8.74. The summed E-state index contributed by atoms with van der Waals surface area (Å²) in [6.07, 6.45) is 2.00. The quantitative estimate of drug-likeness (QED) is 0.287. The smallest absolute Gasteiger partial charge is 0.189 e. The van der Waals surface area contributed by atoms with Crippen LogP contribution in [0.1, 0.15) is 10.4 Å². The summed E-state index contributed by atoms with van der Waals surface area (Å²) in [7, 11) is 0. The average molecular weight is 393 g/mol. The van der Waals surface area contributed by atoms with Gasteiger partial charge in [-0.05, 0) is 18.4 Å². The number of carbonyl (C=O) groups excluding carboxylic acids is 1. The van der Waals surface area contributed by atoms with Crippen LogP contribution < -0.4 is 5.32 Å². The molecule has 3 rings (SSSR count). The Morgan fingerprint density at radius 2 is 1.67 bits per heavy atom. The molecule has 1 aromatic heterocycles. The molecule has 4 nitrogen and oxygen atoms in total. The number of nitrogens with one attached hydrogen (secondary N) is 1. The molecule has 138 valence electrons. The highest BCUT2D eigenvalue weighted by molar-refractivity contribution is 7.98. The van der Waals surface area contributed by atoms with Gasteiger partial charge in [0.2, 0.25) is 0 Å². The summed E-state index contributed by atoms with van der Waals surface area (Å²) in [5.41, 5.74) is -0.890. The molecule has 2 aromatic carbocycles. The lowest BCUT2D eigenvalue weighted by atomic mass is 10.1. The molecule has 9 heteroatoms. The van der Waals surface area contributed by atoms with Gasteiger partial charge in [-0.25, -0.2) is 27.5 Å². The fourth-order valence-corrected chi connectivity index (χ4v) is 2.75. The van der Waals surface area contributed by atoms with E-state index in [1.54, 1.807) is 12.3 Å². The van der Waals surface area contributed by atoms with Crippen LogP contribution in [0.15, 0.2) is 41.6 Å². The molecule has 3 aromatic rings. The molecule has 0 atom stereocenters. The molecule has 0 unspecified atom stereocenters. The fraction of sp³-hybridized carbons (Fsp3) is 0.0556. The fourth-order valence-electron chi connectivity index (χ4n) is 2.39. The van der Waals surface area contributed by atoms with Gasteiger partial charge in [0.05, 0.1) is 11.3 Å². The van der Waals surface area contributed by atoms with Crippen LogP contribution in [-0.2, 0) is 0 Å². The second-order valence-corrected chi connectivity index (χ2v) is 6.06. The summed E-state index contributed by atoms with van der Waals surface area (Å²) >= 11 is 1.09. The number of rotatable bonds is 5. The molecule has 0 aliphatic carbocycles. The van der Waals surface area contributed by atoms with Crippen molar-refractivity contribution in [2.24, 2.45) is 0 Å². The second kappa shape index (κ2) is 7.75. The second-order valence-electron chi connectivity index (χ2n) is 5.29. The van der Waals surface area contributed by atoms with Crippen LogP contribution in [0.25, 0.3) is 11.3 Å². The number of thioether (sulfide) groups is 1. The van der Waals surface area contributed by atoms with Crippen molar-refractivity contribution in [1.82, 2.24) is 9.97 Å². The summed E-state index contributed by atoms with van der Waals surface area (Å²) in [5.74, 6) is -4.36. The maximum atomic E-state index is 14.2. The van der Waals surface area contributed by atoms with E-state index in [0.29, 0.717) is 18.4 Å². The summed E-state index contributed by atoms with van der Waals surface area (Å²) in [6, 6.07) is 6.61. The number of benzene rings is 2. The van der Waals surface area contributed by atoms with Crippen LogP contribution in [0.3, 0.4) is 0 Å². The molecule has 0 fully saturated rings. The number of nitrogens with zero attached hydrogens (tertiary/aromatic N) is 2. The lowest BCUT2D eigenvalue weighted by Crippen LogP contribution is -2.07. The molecule has 0 saturated heterocycles. The zero-order valence-corrected chi connectivity index (χ0v) is 14.6. The SMILES string of the molecule is CSc1nc(Nc2c(F)cc(F)cc2F)c(C=O)c(-c2ccccc2F)n1. The Balaban J connectivity index is 2.21. The molecule has 0 radical (unpaired) electrons. The molecule has 0 saturated carbocycles. The summed E-state index contributed by atoms with van der Waals surface area (Å²) in [4.78, 5) is 19.8. The minimum atomic E-state index is -1.21. The lowest BCUT2D eigenvalue weighted by Gasteiger charge is -2.14. The summed E-state index contributed by atoms with van der Waals surface area (Å²) < 4.78 is 55.2. The third-order valence-electron chi connectivity index (χ3n) is 3.60. The normalized spacial score (nSPS) is 10.7. The third-order valence-corrected chi connectivity index (χ3v) is 4.15. The Kier molecular flexibility index (Phi) is 5.41. The van der Waals surface area contributed by atoms with E-state index in [0.717, 1.165) is 11.8 Å². The Hall–Kier alpha value is -2.94. The number of hydrogen-bond acceptors (Lipinski definition) is 5. The Bertz CT molecular complexity index is 1010. The van der Waals surface area contributed by atoms with Crippen molar-refractivity contribution in [3.63, 3.8) is 0 Å². The van der Waals surface area contributed by atoms with Gasteiger partial charge in [0, 0.05) is 17.7 Å². The first kappa shape index (κ1) is 18.8. The van der Waals surface area contributed by atoms with Crippen LogP contribution in [0.4, 0.5) is 29.1 Å². The minimum Gasteiger partial charge on any atom is -0.335 e. The number of halogens is 4. The molecule has 0 amide bonds. The van der Waals surface area contributed by atoms with Crippen LogP contribution in [0.5, 0.6) is 0 Å². The zero-order valence-electron chi connectivity index (χ0n) is 13.8. The van der Waals surface area contributed by atoms with E-state index in [9.17, 15) is 22.4 Å². The Morgan fingerprint density at radius 1 is 1.00 bits per heavy atom. The minimum absolute atomic E-state index is 0.0281. The first-order chi connectivity index (χ1) is 12.9. The van der Waals surface area contributed by atoms with Gasteiger partial charge >= 0.3 is 0 Å². The predicted octanol–water partition coefficient (Wildman–Crippen LogP) is 4.98. The monoisotopic (exact) mass is 393 g/mol. The van der Waals surface area contributed by atoms with E-state index in [1.165, 1.54) is 18.2 Å². The van der Waals surface area contributed by atoms with Gasteiger partial charge in [-0.3, -0.25) is 4.79 Å². The number of anilines is 2. The highest BCUT2D eigenvalue weighted by Gasteiger charge is 2.20. The third kappa shape index (κ3) is 3.77. The van der Waals surface area contributed by atoms with Crippen molar-refractivity contribution in [1.29, 1.82) is 0 Å². The molecule has 1 heterocycles. The Labute approximate surface area is 155 Å². The zero-order chi connectivity index (χ0) is 19.6. The Morgan fingerprint density at radius 3 is 2.26 bits per heavy atom. The van der Waals surface area contributed by atoms with Gasteiger partial charge in [0.15, 0.2) is 23.1 Å². The summed E-state index contributed by atoms with van der Waals surface area (Å²) in [6.45, 7) is 0. The topological polar surface area (TPSA) is 54.9 Å². The van der Waals surface area contributed by atoms with Crippen molar-refractivity contribution in [3.8, 4) is 11.3 Å². The molecule has 1 N–H and O–H groups in total. The molecule has 0 spiro atoms. The van der Waals surface area contributed by atoms with E-state index >= 15 is 0 Å². The van der Waals surface area contributed by atoms with Gasteiger partial charge in [0.25, 0.3) is 0 Å². The van der Waals surface area contributed by atoms with E-state index in [-0.39, 0.29) is 27.8 Å². The highest BCUT2D eigenvalue weighted by Crippen LogP contribution is 2.32. The predicted molar refractivity (Wildman–Crippen MR) is 94.2 cm³/mol. The number of aromatic nitrogens is 2. The van der Waals surface area contributed by atoms with Crippen molar-refractivity contribution < 1.29 is 22.4 Å². The molecule has 0 bridgehead atoms. The molecular weight excluding hydrogens is 382 g/mol. The molecule has 0 aliphatic heterocycles. The van der Waals surface area contributed by atoms with Crippen molar-refractivity contribution in [2.75, 3.05) is 11.6 Å². The van der Waals surface area contributed by atoms with Gasteiger partial charge in [0.1, 0.15) is 23.1 Å². The van der Waals surface area contributed by atoms with Crippen molar-refractivity contribution in [2.45, 2.75) is 5.16 Å². The maximum absolute atomic E-state index is 14.2. The summed E-state index contributed by atoms with van der Waals surface area (Å²) in [5, 5.41) is 2.50. The lowest BCUT2D eigenvalue weighted by molar-refractivity contribution is 0.112. The van der Waals surface area contributed by atoms with Crippen LogP contribution in [0.2, 0.25) is 0 Å². The molecular formula is C18H11F4N3OS. The molecule has 0 aliphatic rings. The largest absolute Gasteiger partial charge is 0.335 e. The van der Waals surface area contributed by atoms with Crippen molar-refractivity contribution >= 4 is 29.6 Å². The number of aldehydes is 1. The number of carbonyl (C=O) groups is 1. The van der Waals surface area contributed by atoms with Gasteiger partial charge in [-0.1, -0.05) is 23.9 Å². The van der Waals surface area contributed by atoms with Crippen LogP contribution >= 0.6 is 11.8 Å². The van der Waals surface area contributed by atoms with E-state index < -0.39 is 29.0 Å². The van der Waals surface area contributed by atoms with Crippen LogP contribution in [-0.4, -0.2) is 22.5 Å². The first-order valence-electron chi connectivity index (χ1n) is 7.52. The maximum Gasteiger partial charge on any atom is 0.189 e. The van der Waals surface area contributed by atoms with E-state index in [2.05, 4.69) is 15.3 Å². The highest BCUT2D eigenvalue weighted by atomic mass is 32.2. The molecule has 27 heavy (non-hydrogen) atoms.